The molecule has 1 aliphatic rings. The molecular weight excluding hydrogens is 248 g/mol. The van der Waals surface area contributed by atoms with Gasteiger partial charge in [0.2, 0.25) is 0 Å². The molecule has 0 aromatic heterocycles. The first kappa shape index (κ1) is 13.3. The largest absolute Gasteiger partial charge is 0.416 e. The van der Waals surface area contributed by atoms with E-state index in [1.165, 1.54) is 0 Å². The van der Waals surface area contributed by atoms with Gasteiger partial charge in [0.15, 0.2) is 0 Å². The summed E-state index contributed by atoms with van der Waals surface area (Å²) in [5, 5.41) is 9.80. The Balaban J connectivity index is 2.35. The molecule has 100 valence electrons. The molecule has 0 saturated heterocycles. The first-order valence-corrected chi connectivity index (χ1v) is 5.93. The summed E-state index contributed by atoms with van der Waals surface area (Å²) in [7, 11) is 0. The molecule has 5 heteroatoms. The Kier molecular flexibility index (Phi) is 3.61. The fraction of sp³-hybridized carbons (Fsp3) is 0.538. The molecule has 1 aromatic rings. The minimum atomic E-state index is -4.56. The minimum Gasteiger partial charge on any atom is -0.392 e. The summed E-state index contributed by atoms with van der Waals surface area (Å²) in [6.45, 7) is 0. The van der Waals surface area contributed by atoms with E-state index in [1.807, 2.05) is 0 Å². The van der Waals surface area contributed by atoms with Crippen molar-refractivity contribution in [2.24, 2.45) is 0 Å². The van der Waals surface area contributed by atoms with Crippen LogP contribution < -0.4 is 0 Å². The van der Waals surface area contributed by atoms with Crippen LogP contribution in [0.4, 0.5) is 17.6 Å². The van der Waals surface area contributed by atoms with E-state index in [4.69, 9.17) is 0 Å². The van der Waals surface area contributed by atoms with Gasteiger partial charge in [-0.1, -0.05) is 12.8 Å². The molecule has 0 aliphatic heterocycles. The summed E-state index contributed by atoms with van der Waals surface area (Å²) in [6, 6.07) is 2.52. The molecule has 2 atom stereocenters. The van der Waals surface area contributed by atoms with Crippen molar-refractivity contribution in [3.05, 3.63) is 35.1 Å². The zero-order valence-corrected chi connectivity index (χ0v) is 9.67. The van der Waals surface area contributed by atoms with Crippen LogP contribution in [0.5, 0.6) is 0 Å². The lowest BCUT2D eigenvalue weighted by molar-refractivity contribution is -0.137. The van der Waals surface area contributed by atoms with Crippen molar-refractivity contribution >= 4 is 0 Å². The molecule has 2 rings (SSSR count). The van der Waals surface area contributed by atoms with Crippen LogP contribution in [0.25, 0.3) is 0 Å². The Morgan fingerprint density at radius 2 is 1.72 bits per heavy atom. The number of aliphatic hydroxyl groups is 1. The summed E-state index contributed by atoms with van der Waals surface area (Å²) in [5.41, 5.74) is -0.746. The minimum absolute atomic E-state index is 0.245. The summed E-state index contributed by atoms with van der Waals surface area (Å²) >= 11 is 0. The van der Waals surface area contributed by atoms with Gasteiger partial charge in [0.1, 0.15) is 5.82 Å². The van der Waals surface area contributed by atoms with Crippen LogP contribution in [0.1, 0.15) is 42.7 Å². The third kappa shape index (κ3) is 2.83. The van der Waals surface area contributed by atoms with Gasteiger partial charge < -0.3 is 5.11 Å². The number of benzene rings is 1. The van der Waals surface area contributed by atoms with Crippen LogP contribution in [0.3, 0.4) is 0 Å². The lowest BCUT2D eigenvalue weighted by Gasteiger charge is -2.28. The highest BCUT2D eigenvalue weighted by atomic mass is 19.4. The van der Waals surface area contributed by atoms with E-state index in [2.05, 4.69) is 0 Å². The second-order valence-corrected chi connectivity index (χ2v) is 4.73. The quantitative estimate of drug-likeness (QED) is 0.762. The average molecular weight is 262 g/mol. The highest BCUT2D eigenvalue weighted by Gasteiger charge is 2.33. The van der Waals surface area contributed by atoms with E-state index in [0.717, 1.165) is 25.0 Å². The lowest BCUT2D eigenvalue weighted by Crippen LogP contribution is -2.23. The highest BCUT2D eigenvalue weighted by molar-refractivity contribution is 5.30. The fourth-order valence-electron chi connectivity index (χ4n) is 2.49. The summed E-state index contributed by atoms with van der Waals surface area (Å²) in [6.07, 6.45) is -2.37. The molecule has 0 amide bonds. The monoisotopic (exact) mass is 262 g/mol. The normalized spacial score (nSPS) is 25.2. The number of hydrogen-bond donors (Lipinski definition) is 1. The maximum Gasteiger partial charge on any atom is 0.416 e. The molecule has 0 heterocycles. The Labute approximate surface area is 102 Å². The van der Waals surface area contributed by atoms with Gasteiger partial charge in [0.05, 0.1) is 11.7 Å². The first-order chi connectivity index (χ1) is 8.38. The Hall–Kier alpha value is -1.10. The molecule has 0 unspecified atom stereocenters. The van der Waals surface area contributed by atoms with Gasteiger partial charge in [-0.25, -0.2) is 4.39 Å². The van der Waals surface area contributed by atoms with Crippen molar-refractivity contribution in [3.63, 3.8) is 0 Å². The van der Waals surface area contributed by atoms with Crippen molar-refractivity contribution in [1.82, 2.24) is 0 Å². The van der Waals surface area contributed by atoms with Crippen LogP contribution in [-0.2, 0) is 6.18 Å². The van der Waals surface area contributed by atoms with Crippen LogP contribution in [-0.4, -0.2) is 11.2 Å². The molecule has 0 bridgehead atoms. The standard InChI is InChI=1S/C13H14F4O/c14-10-6-8(5-9(7-10)13(15,16)17)11-3-1-2-4-12(11)18/h5-7,11-12,18H,1-4H2/t11-,12-/m0/s1. The van der Waals surface area contributed by atoms with Gasteiger partial charge in [-0.05, 0) is 36.6 Å². The molecule has 1 aromatic carbocycles. The van der Waals surface area contributed by atoms with E-state index in [-0.39, 0.29) is 5.56 Å². The third-order valence-electron chi connectivity index (χ3n) is 3.41. The van der Waals surface area contributed by atoms with Crippen LogP contribution in [0.2, 0.25) is 0 Å². The van der Waals surface area contributed by atoms with Gasteiger partial charge in [0, 0.05) is 5.92 Å². The maximum atomic E-state index is 13.3. The summed E-state index contributed by atoms with van der Waals surface area (Å²) in [5.74, 6) is -1.30. The second-order valence-electron chi connectivity index (χ2n) is 4.73. The van der Waals surface area contributed by atoms with Crippen molar-refractivity contribution in [1.29, 1.82) is 0 Å². The molecule has 0 spiro atoms. The highest BCUT2D eigenvalue weighted by Crippen LogP contribution is 2.37. The van der Waals surface area contributed by atoms with E-state index in [0.29, 0.717) is 18.9 Å². The van der Waals surface area contributed by atoms with Crippen LogP contribution >= 0.6 is 0 Å². The zero-order valence-electron chi connectivity index (χ0n) is 9.67. The fourth-order valence-corrected chi connectivity index (χ4v) is 2.49. The van der Waals surface area contributed by atoms with Crippen LogP contribution in [0, 0.1) is 5.82 Å². The van der Waals surface area contributed by atoms with Gasteiger partial charge in [-0.2, -0.15) is 13.2 Å². The number of halogens is 4. The topological polar surface area (TPSA) is 20.2 Å². The number of alkyl halides is 3. The number of rotatable bonds is 1. The Morgan fingerprint density at radius 1 is 1.06 bits per heavy atom. The Bertz CT molecular complexity index is 427. The van der Waals surface area contributed by atoms with Gasteiger partial charge in [0.25, 0.3) is 0 Å². The molecule has 1 fully saturated rings. The average Bonchev–Trinajstić information content (AvgIpc) is 2.27. The molecule has 1 aliphatic carbocycles. The van der Waals surface area contributed by atoms with Crippen molar-refractivity contribution in [2.75, 3.05) is 0 Å². The maximum absolute atomic E-state index is 13.3. The van der Waals surface area contributed by atoms with Gasteiger partial charge in [-0.15, -0.1) is 0 Å². The molecule has 1 saturated carbocycles. The van der Waals surface area contributed by atoms with Crippen molar-refractivity contribution in [3.8, 4) is 0 Å². The van der Waals surface area contributed by atoms with Gasteiger partial charge >= 0.3 is 6.18 Å². The van der Waals surface area contributed by atoms with E-state index >= 15 is 0 Å². The first-order valence-electron chi connectivity index (χ1n) is 5.93. The molecular formula is C13H14F4O. The molecule has 18 heavy (non-hydrogen) atoms. The number of aliphatic hydroxyl groups excluding tert-OH is 1. The van der Waals surface area contributed by atoms with E-state index in [9.17, 15) is 22.7 Å². The van der Waals surface area contributed by atoms with E-state index in [1.54, 1.807) is 0 Å². The smallest absolute Gasteiger partial charge is 0.392 e. The predicted molar refractivity (Wildman–Crippen MR) is 58.6 cm³/mol. The van der Waals surface area contributed by atoms with Crippen LogP contribution in [0.15, 0.2) is 18.2 Å². The molecule has 1 N–H and O–H groups in total. The summed E-state index contributed by atoms with van der Waals surface area (Å²) in [4.78, 5) is 0. The van der Waals surface area contributed by atoms with Crippen molar-refractivity contribution < 1.29 is 22.7 Å². The van der Waals surface area contributed by atoms with Crippen molar-refractivity contribution in [2.45, 2.75) is 43.9 Å². The number of hydrogen-bond acceptors (Lipinski definition) is 1. The predicted octanol–water partition coefficient (Wildman–Crippen LogP) is 3.86. The SMILES string of the molecule is O[C@H]1CCCC[C@H]1c1cc(F)cc(C(F)(F)F)c1. The third-order valence-corrected chi connectivity index (χ3v) is 3.41. The summed E-state index contributed by atoms with van der Waals surface area (Å²) < 4.78 is 51.0. The molecule has 1 nitrogen and oxygen atoms in total. The lowest BCUT2D eigenvalue weighted by atomic mass is 9.81. The second kappa shape index (κ2) is 4.88. The Morgan fingerprint density at radius 3 is 2.33 bits per heavy atom. The van der Waals surface area contributed by atoms with E-state index < -0.39 is 29.6 Å². The zero-order chi connectivity index (χ0) is 13.3. The van der Waals surface area contributed by atoms with Gasteiger partial charge in [-0.3, -0.25) is 0 Å². The molecule has 0 radical (unpaired) electrons.